The molecule has 14 nitrogen and oxygen atoms in total. The molecular weight excluding hydrogens is 849 g/mol. The largest absolute Gasteiger partial charge is 0.457 e. The van der Waals surface area contributed by atoms with Crippen molar-refractivity contribution in [2.75, 3.05) is 33.0 Å². The number of rotatable bonds is 43. The summed E-state index contributed by atoms with van der Waals surface area (Å²) in [6, 6.07) is 0. The van der Waals surface area contributed by atoms with Crippen molar-refractivity contribution >= 4 is 5.97 Å². The molecule has 2 aliphatic heterocycles. The van der Waals surface area contributed by atoms with Crippen LogP contribution in [-0.4, -0.2) is 142 Å². The molecule has 2 aliphatic rings. The highest BCUT2D eigenvalue weighted by Crippen LogP contribution is 2.26. The maximum Gasteiger partial charge on any atom is 0.306 e. The van der Waals surface area contributed by atoms with Gasteiger partial charge in [-0.15, -0.1) is 0 Å². The molecule has 2 rings (SSSR count). The van der Waals surface area contributed by atoms with E-state index < -0.39 is 80.7 Å². The first-order valence-electron chi connectivity index (χ1n) is 26.8. The van der Waals surface area contributed by atoms with Gasteiger partial charge >= 0.3 is 5.97 Å². The minimum absolute atomic E-state index is 0.0662. The molecule has 2 heterocycles. The maximum atomic E-state index is 13.0. The van der Waals surface area contributed by atoms with Gasteiger partial charge in [0.2, 0.25) is 0 Å². The number of allylic oxidation sites excluding steroid dienone is 2. The number of ether oxygens (including phenoxy) is 6. The average Bonchev–Trinajstić information content (AvgIpc) is 3.31. The molecule has 0 aromatic rings. The van der Waals surface area contributed by atoms with Gasteiger partial charge in [-0.25, -0.2) is 0 Å². The molecule has 14 heteroatoms. The molecule has 0 aliphatic carbocycles. The van der Waals surface area contributed by atoms with Crippen LogP contribution in [-0.2, 0) is 33.2 Å². The first-order valence-corrected chi connectivity index (χ1v) is 26.8. The van der Waals surface area contributed by atoms with E-state index in [1.165, 1.54) is 148 Å². The molecular formula is C52H98O14. The lowest BCUT2D eigenvalue weighted by Gasteiger charge is -2.42. The Hall–Kier alpha value is -1.27. The maximum absolute atomic E-state index is 13.0. The Labute approximate surface area is 399 Å². The van der Waals surface area contributed by atoms with E-state index in [4.69, 9.17) is 28.4 Å². The number of carbonyl (C=O) groups is 1. The molecule has 7 N–H and O–H groups in total. The summed E-state index contributed by atoms with van der Waals surface area (Å²) in [6.07, 6.45) is 25.6. The van der Waals surface area contributed by atoms with E-state index >= 15 is 0 Å². The van der Waals surface area contributed by atoms with Gasteiger partial charge in [0, 0.05) is 13.0 Å². The summed E-state index contributed by atoms with van der Waals surface area (Å²) < 4.78 is 34.3. The zero-order valence-corrected chi connectivity index (χ0v) is 41.4. The Bertz CT molecular complexity index is 1140. The molecule has 0 aromatic carbocycles. The SMILES string of the molecule is CCCCCCCC/C=C\CCCCCCCCCCCCOCC(COC1OC(COC2OC(CO)C(O)C(O)C2O)C(O)C(O)C1O)OC(=O)CCCCCCCCCCCCCC. The predicted octanol–water partition coefficient (Wildman–Crippen LogP) is 8.24. The van der Waals surface area contributed by atoms with Crippen LogP contribution in [0.4, 0.5) is 0 Å². The Kier molecular flexibility index (Phi) is 37.3. The molecule has 2 saturated heterocycles. The standard InChI is InChI=1S/C52H98O14/c1-3-5-7-9-11-13-15-17-18-19-20-21-22-23-24-26-28-30-32-34-36-61-38-41(64-44(54)35-33-31-29-27-25-16-14-12-10-8-6-4-2)39-62-51-50(60)48(58)46(56)43(66-51)40-63-52-49(59)47(57)45(55)42(37-53)65-52/h17-18,41-43,45-53,55-60H,3-16,19-40H2,1-2H3/b18-17-. The zero-order valence-electron chi connectivity index (χ0n) is 41.4. The number of unbranched alkanes of at least 4 members (excludes halogenated alkanes) is 27. The summed E-state index contributed by atoms with van der Waals surface area (Å²) in [5.41, 5.74) is 0. The van der Waals surface area contributed by atoms with E-state index in [0.29, 0.717) is 13.0 Å². The van der Waals surface area contributed by atoms with Gasteiger partial charge in [0.25, 0.3) is 0 Å². The topological polar surface area (TPSA) is 214 Å². The predicted molar refractivity (Wildman–Crippen MR) is 257 cm³/mol. The van der Waals surface area contributed by atoms with Gasteiger partial charge in [0.1, 0.15) is 54.9 Å². The van der Waals surface area contributed by atoms with E-state index in [0.717, 1.165) is 38.5 Å². The van der Waals surface area contributed by atoms with Crippen LogP contribution < -0.4 is 0 Å². The summed E-state index contributed by atoms with van der Waals surface area (Å²) in [7, 11) is 0. The fourth-order valence-electron chi connectivity index (χ4n) is 8.63. The molecule has 0 aromatic heterocycles. The minimum Gasteiger partial charge on any atom is -0.457 e. The molecule has 0 saturated carbocycles. The number of esters is 1. The fraction of sp³-hybridized carbons (Fsp3) is 0.942. The first-order chi connectivity index (χ1) is 32.1. The molecule has 66 heavy (non-hydrogen) atoms. The Morgan fingerprint density at radius 3 is 1.38 bits per heavy atom. The van der Waals surface area contributed by atoms with E-state index in [-0.39, 0.29) is 25.6 Å². The van der Waals surface area contributed by atoms with Crippen molar-refractivity contribution in [3.05, 3.63) is 12.2 Å². The highest BCUT2D eigenvalue weighted by atomic mass is 16.7. The number of hydrogen-bond donors (Lipinski definition) is 7. The van der Waals surface area contributed by atoms with Gasteiger partial charge in [0.05, 0.1) is 26.4 Å². The summed E-state index contributed by atoms with van der Waals surface area (Å²) in [4.78, 5) is 13.0. The van der Waals surface area contributed by atoms with Gasteiger partial charge in [0.15, 0.2) is 12.6 Å². The Balaban J connectivity index is 1.73. The van der Waals surface area contributed by atoms with Crippen molar-refractivity contribution < 1.29 is 69.0 Å². The van der Waals surface area contributed by atoms with Gasteiger partial charge in [-0.05, 0) is 38.5 Å². The van der Waals surface area contributed by atoms with Gasteiger partial charge < -0.3 is 64.2 Å². The van der Waals surface area contributed by atoms with E-state index in [1.807, 2.05) is 0 Å². The van der Waals surface area contributed by atoms with Crippen LogP contribution in [0.2, 0.25) is 0 Å². The molecule has 0 spiro atoms. The van der Waals surface area contributed by atoms with Crippen molar-refractivity contribution in [3.8, 4) is 0 Å². The summed E-state index contributed by atoms with van der Waals surface area (Å²) in [6.45, 7) is 3.71. The van der Waals surface area contributed by atoms with Crippen LogP contribution >= 0.6 is 0 Å². The van der Waals surface area contributed by atoms with Crippen LogP contribution in [0.3, 0.4) is 0 Å². The third-order valence-electron chi connectivity index (χ3n) is 13.0. The molecule has 0 amide bonds. The highest BCUT2D eigenvalue weighted by molar-refractivity contribution is 5.69. The molecule has 11 atom stereocenters. The van der Waals surface area contributed by atoms with Crippen molar-refractivity contribution in [1.82, 2.24) is 0 Å². The zero-order chi connectivity index (χ0) is 48.0. The summed E-state index contributed by atoms with van der Waals surface area (Å²) in [5.74, 6) is -0.374. The normalized spacial score (nSPS) is 26.3. The van der Waals surface area contributed by atoms with Crippen molar-refractivity contribution in [2.24, 2.45) is 0 Å². The van der Waals surface area contributed by atoms with E-state index in [2.05, 4.69) is 26.0 Å². The molecule has 390 valence electrons. The lowest BCUT2D eigenvalue weighted by atomic mass is 9.98. The first kappa shape index (κ1) is 60.9. The van der Waals surface area contributed by atoms with Crippen molar-refractivity contribution in [2.45, 2.75) is 280 Å². The fourth-order valence-corrected chi connectivity index (χ4v) is 8.63. The second kappa shape index (κ2) is 40.5. The van der Waals surface area contributed by atoms with Crippen LogP contribution in [0.15, 0.2) is 12.2 Å². The number of hydrogen-bond acceptors (Lipinski definition) is 14. The average molecular weight is 947 g/mol. The lowest BCUT2D eigenvalue weighted by molar-refractivity contribution is -0.332. The lowest BCUT2D eigenvalue weighted by Crippen LogP contribution is -2.61. The third kappa shape index (κ3) is 27.8. The molecule has 11 unspecified atom stereocenters. The van der Waals surface area contributed by atoms with Crippen LogP contribution in [0.25, 0.3) is 0 Å². The minimum atomic E-state index is -1.70. The highest BCUT2D eigenvalue weighted by Gasteiger charge is 2.47. The molecule has 0 radical (unpaired) electrons. The van der Waals surface area contributed by atoms with E-state index in [1.54, 1.807) is 0 Å². The molecule has 2 fully saturated rings. The second-order valence-electron chi connectivity index (χ2n) is 19.1. The van der Waals surface area contributed by atoms with E-state index in [9.17, 15) is 40.5 Å². The van der Waals surface area contributed by atoms with Gasteiger partial charge in [-0.1, -0.05) is 180 Å². The van der Waals surface area contributed by atoms with Crippen LogP contribution in [0.5, 0.6) is 0 Å². The van der Waals surface area contributed by atoms with Gasteiger partial charge in [-0.3, -0.25) is 4.79 Å². The van der Waals surface area contributed by atoms with Crippen LogP contribution in [0.1, 0.15) is 213 Å². The van der Waals surface area contributed by atoms with Gasteiger partial charge in [-0.2, -0.15) is 0 Å². The Morgan fingerprint density at radius 1 is 0.485 bits per heavy atom. The van der Waals surface area contributed by atoms with Crippen molar-refractivity contribution in [3.63, 3.8) is 0 Å². The third-order valence-corrected chi connectivity index (χ3v) is 13.0. The molecule has 0 bridgehead atoms. The summed E-state index contributed by atoms with van der Waals surface area (Å²) >= 11 is 0. The Morgan fingerprint density at radius 2 is 0.894 bits per heavy atom. The second-order valence-corrected chi connectivity index (χ2v) is 19.1. The van der Waals surface area contributed by atoms with Crippen LogP contribution in [0, 0.1) is 0 Å². The smallest absolute Gasteiger partial charge is 0.306 e. The summed E-state index contributed by atoms with van der Waals surface area (Å²) in [5, 5.41) is 72.1. The number of carbonyl (C=O) groups excluding carboxylic acids is 1. The quantitative estimate of drug-likeness (QED) is 0.0174. The van der Waals surface area contributed by atoms with Crippen molar-refractivity contribution in [1.29, 1.82) is 0 Å². The number of aliphatic hydroxyl groups is 7. The monoisotopic (exact) mass is 947 g/mol. The number of aliphatic hydroxyl groups excluding tert-OH is 7.